The minimum Gasteiger partial charge on any atom is -0.493 e. The number of carbonyl (C=O) groups excluding carboxylic acids is 1. The first-order valence-corrected chi connectivity index (χ1v) is 10.9. The number of fused-ring (bicyclic) bond motifs is 1. The molecule has 0 radical (unpaired) electrons. The maximum absolute atomic E-state index is 12.9. The molecule has 2 amide bonds. The van der Waals surface area contributed by atoms with Crippen LogP contribution in [-0.2, 0) is 0 Å². The van der Waals surface area contributed by atoms with Gasteiger partial charge < -0.3 is 24.0 Å². The van der Waals surface area contributed by atoms with Crippen molar-refractivity contribution in [1.29, 1.82) is 0 Å². The molecule has 0 saturated carbocycles. The third-order valence-electron chi connectivity index (χ3n) is 5.30. The smallest absolute Gasteiger partial charge is 0.323 e. The second kappa shape index (κ2) is 9.47. The SMILES string of the molecule is COc1cc2nc(NC(=O)N3CCN(c4cccc(Br)c4)CC3)c(OC)nc2cc1OC. The lowest BCUT2D eigenvalue weighted by molar-refractivity contribution is 0.208. The van der Waals surface area contributed by atoms with Gasteiger partial charge in [0, 0.05) is 48.5 Å². The number of benzene rings is 2. The monoisotopic (exact) mass is 501 g/mol. The first-order valence-electron chi connectivity index (χ1n) is 10.1. The molecule has 1 fully saturated rings. The summed E-state index contributed by atoms with van der Waals surface area (Å²) in [7, 11) is 4.60. The van der Waals surface area contributed by atoms with Gasteiger partial charge in [0.15, 0.2) is 17.3 Å². The first kappa shape index (κ1) is 21.9. The molecule has 1 N–H and O–H groups in total. The Labute approximate surface area is 194 Å². The molecule has 0 unspecified atom stereocenters. The van der Waals surface area contributed by atoms with E-state index in [1.165, 1.54) is 7.11 Å². The van der Waals surface area contributed by atoms with Crippen LogP contribution in [0.4, 0.5) is 16.3 Å². The average Bonchev–Trinajstić information content (AvgIpc) is 2.82. The Bertz CT molecular complexity index is 1130. The summed E-state index contributed by atoms with van der Waals surface area (Å²) in [5, 5.41) is 2.84. The van der Waals surface area contributed by atoms with Crippen molar-refractivity contribution in [2.24, 2.45) is 0 Å². The molecule has 10 heteroatoms. The summed E-state index contributed by atoms with van der Waals surface area (Å²) in [6, 6.07) is 11.3. The van der Waals surface area contributed by atoms with Crippen molar-refractivity contribution in [3.63, 3.8) is 0 Å². The third-order valence-corrected chi connectivity index (χ3v) is 5.79. The summed E-state index contributed by atoms with van der Waals surface area (Å²) in [6.07, 6.45) is 0. The molecule has 1 aromatic heterocycles. The minimum atomic E-state index is -0.244. The van der Waals surface area contributed by atoms with Gasteiger partial charge in [-0.15, -0.1) is 0 Å². The van der Waals surface area contributed by atoms with E-state index in [9.17, 15) is 4.79 Å². The summed E-state index contributed by atoms with van der Waals surface area (Å²) < 4.78 is 17.1. The number of rotatable bonds is 5. The Kier molecular flexibility index (Phi) is 6.50. The quantitative estimate of drug-likeness (QED) is 0.568. The number of carbonyl (C=O) groups is 1. The highest BCUT2D eigenvalue weighted by atomic mass is 79.9. The standard InChI is InChI=1S/C22H24BrN5O4/c1-30-18-12-16-17(13-19(18)31-2)25-21(32-3)20(24-16)26-22(29)28-9-7-27(8-10-28)15-6-4-5-14(23)11-15/h4-6,11-13H,7-10H2,1-3H3,(H,24,26,29). The number of amides is 2. The average molecular weight is 502 g/mol. The van der Waals surface area contributed by atoms with Gasteiger partial charge in [-0.3, -0.25) is 5.32 Å². The molecule has 1 saturated heterocycles. The van der Waals surface area contributed by atoms with Crippen LogP contribution in [0.1, 0.15) is 0 Å². The van der Waals surface area contributed by atoms with E-state index in [2.05, 4.69) is 48.2 Å². The summed E-state index contributed by atoms with van der Waals surface area (Å²) in [5.74, 6) is 1.55. The highest BCUT2D eigenvalue weighted by molar-refractivity contribution is 9.10. The Morgan fingerprint density at radius 3 is 2.19 bits per heavy atom. The maximum atomic E-state index is 12.9. The van der Waals surface area contributed by atoms with Crippen molar-refractivity contribution in [1.82, 2.24) is 14.9 Å². The van der Waals surface area contributed by atoms with Crippen LogP contribution in [0, 0.1) is 0 Å². The number of aromatic nitrogens is 2. The number of ether oxygens (including phenoxy) is 3. The normalized spacial score (nSPS) is 13.8. The number of urea groups is 1. The lowest BCUT2D eigenvalue weighted by Gasteiger charge is -2.36. The molecular formula is C22H24BrN5O4. The van der Waals surface area contributed by atoms with Crippen LogP contribution in [0.2, 0.25) is 0 Å². The lowest BCUT2D eigenvalue weighted by Crippen LogP contribution is -2.50. The van der Waals surface area contributed by atoms with E-state index in [4.69, 9.17) is 14.2 Å². The van der Waals surface area contributed by atoms with E-state index < -0.39 is 0 Å². The number of anilines is 2. The number of hydrogen-bond donors (Lipinski definition) is 1. The van der Waals surface area contributed by atoms with Gasteiger partial charge in [0.25, 0.3) is 5.88 Å². The fourth-order valence-electron chi connectivity index (χ4n) is 3.61. The number of piperazine rings is 1. The van der Waals surface area contributed by atoms with Gasteiger partial charge in [0.2, 0.25) is 0 Å². The van der Waals surface area contributed by atoms with Crippen LogP contribution < -0.4 is 24.4 Å². The summed E-state index contributed by atoms with van der Waals surface area (Å²) >= 11 is 3.51. The van der Waals surface area contributed by atoms with Crippen molar-refractivity contribution >= 4 is 44.5 Å². The fraction of sp³-hybridized carbons (Fsp3) is 0.318. The van der Waals surface area contributed by atoms with Crippen molar-refractivity contribution in [3.05, 3.63) is 40.9 Å². The predicted molar refractivity (Wildman–Crippen MR) is 126 cm³/mol. The van der Waals surface area contributed by atoms with E-state index in [0.29, 0.717) is 35.6 Å². The molecule has 0 spiro atoms. The van der Waals surface area contributed by atoms with E-state index >= 15 is 0 Å². The zero-order valence-electron chi connectivity index (χ0n) is 18.1. The van der Waals surface area contributed by atoms with E-state index in [1.807, 2.05) is 12.1 Å². The Hall–Kier alpha value is -3.27. The van der Waals surface area contributed by atoms with E-state index in [-0.39, 0.29) is 17.7 Å². The first-order chi connectivity index (χ1) is 15.5. The van der Waals surface area contributed by atoms with Crippen molar-refractivity contribution in [3.8, 4) is 17.4 Å². The van der Waals surface area contributed by atoms with Crippen LogP contribution in [0.15, 0.2) is 40.9 Å². The molecule has 3 aromatic rings. The van der Waals surface area contributed by atoms with Gasteiger partial charge in [0.1, 0.15) is 0 Å². The summed E-state index contributed by atoms with van der Waals surface area (Å²) in [6.45, 7) is 2.65. The molecule has 9 nitrogen and oxygen atoms in total. The highest BCUT2D eigenvalue weighted by Gasteiger charge is 2.23. The zero-order chi connectivity index (χ0) is 22.7. The molecule has 168 valence electrons. The number of nitrogens with zero attached hydrogens (tertiary/aromatic N) is 4. The second-order valence-corrected chi connectivity index (χ2v) is 8.08. The van der Waals surface area contributed by atoms with Gasteiger partial charge in [-0.05, 0) is 18.2 Å². The van der Waals surface area contributed by atoms with E-state index in [0.717, 1.165) is 23.2 Å². The largest absolute Gasteiger partial charge is 0.493 e. The lowest BCUT2D eigenvalue weighted by atomic mass is 10.2. The van der Waals surface area contributed by atoms with Crippen LogP contribution in [0.25, 0.3) is 11.0 Å². The minimum absolute atomic E-state index is 0.228. The highest BCUT2D eigenvalue weighted by Crippen LogP contribution is 2.33. The fourth-order valence-corrected chi connectivity index (χ4v) is 4.00. The summed E-state index contributed by atoms with van der Waals surface area (Å²) in [5.41, 5.74) is 2.25. The van der Waals surface area contributed by atoms with Gasteiger partial charge in [-0.2, -0.15) is 0 Å². The van der Waals surface area contributed by atoms with E-state index in [1.54, 1.807) is 31.3 Å². The predicted octanol–water partition coefficient (Wildman–Crippen LogP) is 3.77. The molecule has 0 atom stereocenters. The topological polar surface area (TPSA) is 89.1 Å². The molecule has 0 bridgehead atoms. The number of halogens is 1. The van der Waals surface area contributed by atoms with Gasteiger partial charge >= 0.3 is 6.03 Å². The zero-order valence-corrected chi connectivity index (χ0v) is 19.7. The van der Waals surface area contributed by atoms with Gasteiger partial charge in [-0.1, -0.05) is 22.0 Å². The molecule has 32 heavy (non-hydrogen) atoms. The van der Waals surface area contributed by atoms with Gasteiger partial charge in [-0.25, -0.2) is 14.8 Å². The Morgan fingerprint density at radius 1 is 0.938 bits per heavy atom. The van der Waals surface area contributed by atoms with Crippen molar-refractivity contribution in [2.75, 3.05) is 57.7 Å². The molecule has 1 aliphatic rings. The number of methoxy groups -OCH3 is 3. The number of nitrogens with one attached hydrogen (secondary N) is 1. The molecular weight excluding hydrogens is 478 g/mol. The Morgan fingerprint density at radius 2 is 1.59 bits per heavy atom. The van der Waals surface area contributed by atoms with Crippen molar-refractivity contribution < 1.29 is 19.0 Å². The molecule has 1 aliphatic heterocycles. The van der Waals surface area contributed by atoms with Crippen LogP contribution in [-0.4, -0.2) is 68.4 Å². The molecule has 4 rings (SSSR count). The van der Waals surface area contributed by atoms with Crippen molar-refractivity contribution in [2.45, 2.75) is 0 Å². The van der Waals surface area contributed by atoms with Crippen LogP contribution >= 0.6 is 15.9 Å². The summed E-state index contributed by atoms with van der Waals surface area (Å²) in [4.78, 5) is 25.9. The molecule has 2 heterocycles. The molecule has 2 aromatic carbocycles. The molecule has 0 aliphatic carbocycles. The van der Waals surface area contributed by atoms with Crippen LogP contribution in [0.5, 0.6) is 17.4 Å². The maximum Gasteiger partial charge on any atom is 0.323 e. The third kappa shape index (κ3) is 4.50. The van der Waals surface area contributed by atoms with Gasteiger partial charge in [0.05, 0.1) is 32.4 Å². The Balaban J connectivity index is 1.49. The van der Waals surface area contributed by atoms with Crippen LogP contribution in [0.3, 0.4) is 0 Å². The second-order valence-electron chi connectivity index (χ2n) is 7.16. The number of hydrogen-bond acceptors (Lipinski definition) is 7.